The van der Waals surface area contributed by atoms with E-state index in [0.29, 0.717) is 25.3 Å². The lowest BCUT2D eigenvalue weighted by atomic mass is 10.1. The van der Waals surface area contributed by atoms with E-state index in [2.05, 4.69) is 10.1 Å². The highest BCUT2D eigenvalue weighted by Crippen LogP contribution is 2.13. The summed E-state index contributed by atoms with van der Waals surface area (Å²) in [6.45, 7) is 1.35. The molecule has 0 N–H and O–H groups in total. The van der Waals surface area contributed by atoms with Crippen LogP contribution in [0.2, 0.25) is 0 Å². The van der Waals surface area contributed by atoms with Crippen molar-refractivity contribution in [3.05, 3.63) is 66.6 Å². The van der Waals surface area contributed by atoms with E-state index in [1.165, 1.54) is 6.33 Å². The molecule has 0 fully saturated rings. The van der Waals surface area contributed by atoms with Gasteiger partial charge in [-0.2, -0.15) is 5.10 Å². The number of hydrogen-bond donors (Lipinski definition) is 0. The molecular weight excluding hydrogens is 308 g/mol. The molecule has 24 heavy (non-hydrogen) atoms. The van der Waals surface area contributed by atoms with Crippen molar-refractivity contribution in [2.45, 2.75) is 6.54 Å². The van der Waals surface area contributed by atoms with E-state index in [1.54, 1.807) is 47.5 Å². The van der Waals surface area contributed by atoms with Crippen LogP contribution >= 0.6 is 0 Å². The molecule has 3 rings (SSSR count). The number of benzene rings is 1. The topological polar surface area (TPSA) is 73.4 Å². The Hall–Kier alpha value is -2.93. The number of nitrogens with zero attached hydrogens (tertiary/aromatic N) is 4. The van der Waals surface area contributed by atoms with Crippen molar-refractivity contribution in [2.75, 3.05) is 20.3 Å². The standard InChI is InChI=1S/C17H18N4O3/c1-23-10-8-20(11-16-3-2-9-24-16)17(22)14-4-6-15(7-5-14)21-13-18-12-19-21/h2-7,9,12-13H,8,10-11H2,1H3. The maximum atomic E-state index is 12.8. The number of furan rings is 1. The van der Waals surface area contributed by atoms with Gasteiger partial charge in [-0.3, -0.25) is 4.79 Å². The van der Waals surface area contributed by atoms with Gasteiger partial charge in [-0.15, -0.1) is 0 Å². The number of amides is 1. The first-order valence-corrected chi connectivity index (χ1v) is 7.53. The van der Waals surface area contributed by atoms with Crippen molar-refractivity contribution in [1.29, 1.82) is 0 Å². The van der Waals surface area contributed by atoms with Crippen LogP contribution in [-0.2, 0) is 11.3 Å². The first kappa shape index (κ1) is 15.9. The molecule has 1 aromatic carbocycles. The zero-order chi connectivity index (χ0) is 16.8. The van der Waals surface area contributed by atoms with Crippen molar-refractivity contribution < 1.29 is 13.9 Å². The number of rotatable bonds is 7. The van der Waals surface area contributed by atoms with E-state index >= 15 is 0 Å². The Morgan fingerprint density at radius 2 is 2.12 bits per heavy atom. The highest BCUT2D eigenvalue weighted by atomic mass is 16.5. The number of ether oxygens (including phenoxy) is 1. The molecule has 0 aliphatic carbocycles. The summed E-state index contributed by atoms with van der Waals surface area (Å²) in [7, 11) is 1.61. The maximum absolute atomic E-state index is 12.8. The van der Waals surface area contributed by atoms with Gasteiger partial charge in [-0.1, -0.05) is 0 Å². The molecule has 2 heterocycles. The van der Waals surface area contributed by atoms with Crippen molar-refractivity contribution in [1.82, 2.24) is 19.7 Å². The van der Waals surface area contributed by atoms with Gasteiger partial charge in [0.15, 0.2) is 0 Å². The molecule has 0 spiro atoms. The normalized spacial score (nSPS) is 10.7. The molecule has 0 saturated heterocycles. The molecule has 0 radical (unpaired) electrons. The van der Waals surface area contributed by atoms with Gasteiger partial charge in [0.05, 0.1) is 25.1 Å². The highest BCUT2D eigenvalue weighted by molar-refractivity contribution is 5.94. The van der Waals surface area contributed by atoms with Gasteiger partial charge in [0.25, 0.3) is 5.91 Å². The van der Waals surface area contributed by atoms with Crippen molar-refractivity contribution in [2.24, 2.45) is 0 Å². The number of carbonyl (C=O) groups excluding carboxylic acids is 1. The average Bonchev–Trinajstić information content (AvgIpc) is 3.32. The Kier molecular flexibility index (Phi) is 5.02. The second-order valence-electron chi connectivity index (χ2n) is 5.19. The molecular formula is C17H18N4O3. The Bertz CT molecular complexity index is 752. The Labute approximate surface area is 139 Å². The first-order valence-electron chi connectivity index (χ1n) is 7.53. The molecule has 3 aromatic rings. The number of carbonyl (C=O) groups is 1. The Morgan fingerprint density at radius 3 is 2.75 bits per heavy atom. The van der Waals surface area contributed by atoms with Crippen LogP contribution in [0.15, 0.2) is 59.7 Å². The minimum atomic E-state index is -0.0754. The first-order chi connectivity index (χ1) is 11.8. The minimum Gasteiger partial charge on any atom is -0.467 e. The second kappa shape index (κ2) is 7.56. The van der Waals surface area contributed by atoms with E-state index in [0.717, 1.165) is 11.4 Å². The highest BCUT2D eigenvalue weighted by Gasteiger charge is 2.17. The zero-order valence-electron chi connectivity index (χ0n) is 13.3. The molecule has 7 heteroatoms. The zero-order valence-corrected chi connectivity index (χ0v) is 13.3. The van der Waals surface area contributed by atoms with Crippen LogP contribution in [-0.4, -0.2) is 45.8 Å². The Morgan fingerprint density at radius 1 is 1.29 bits per heavy atom. The lowest BCUT2D eigenvalue weighted by Gasteiger charge is -2.21. The van der Waals surface area contributed by atoms with Crippen LogP contribution in [0.3, 0.4) is 0 Å². The van der Waals surface area contributed by atoms with Crippen LogP contribution in [0, 0.1) is 0 Å². The molecule has 0 saturated carbocycles. The van der Waals surface area contributed by atoms with Gasteiger partial charge in [0.2, 0.25) is 0 Å². The van der Waals surface area contributed by atoms with Crippen LogP contribution in [0.25, 0.3) is 5.69 Å². The molecule has 0 aliphatic rings. The molecule has 0 unspecified atom stereocenters. The van der Waals surface area contributed by atoms with Gasteiger partial charge in [-0.25, -0.2) is 9.67 Å². The third-order valence-corrected chi connectivity index (χ3v) is 3.58. The predicted molar refractivity (Wildman–Crippen MR) is 86.7 cm³/mol. The predicted octanol–water partition coefficient (Wildman–Crippen LogP) is 2.15. The molecule has 0 atom stereocenters. The Balaban J connectivity index is 1.75. The summed E-state index contributed by atoms with van der Waals surface area (Å²) < 4.78 is 12.1. The summed E-state index contributed by atoms with van der Waals surface area (Å²) in [5.41, 5.74) is 1.44. The van der Waals surface area contributed by atoms with Crippen molar-refractivity contribution in [3.63, 3.8) is 0 Å². The van der Waals surface area contributed by atoms with E-state index in [-0.39, 0.29) is 5.91 Å². The largest absolute Gasteiger partial charge is 0.467 e. The van der Waals surface area contributed by atoms with Crippen LogP contribution in [0.5, 0.6) is 0 Å². The van der Waals surface area contributed by atoms with Crippen LogP contribution in [0.1, 0.15) is 16.1 Å². The van der Waals surface area contributed by atoms with Crippen molar-refractivity contribution >= 4 is 5.91 Å². The number of methoxy groups -OCH3 is 1. The molecule has 0 aliphatic heterocycles. The van der Waals surface area contributed by atoms with Gasteiger partial charge in [0, 0.05) is 19.2 Å². The quantitative estimate of drug-likeness (QED) is 0.665. The van der Waals surface area contributed by atoms with E-state index < -0.39 is 0 Å². The lowest BCUT2D eigenvalue weighted by Crippen LogP contribution is -2.33. The third kappa shape index (κ3) is 3.69. The summed E-state index contributed by atoms with van der Waals surface area (Å²) in [6.07, 6.45) is 4.68. The van der Waals surface area contributed by atoms with Crippen LogP contribution < -0.4 is 0 Å². The molecule has 2 aromatic heterocycles. The average molecular weight is 326 g/mol. The number of aromatic nitrogens is 3. The molecule has 1 amide bonds. The monoisotopic (exact) mass is 326 g/mol. The van der Waals surface area contributed by atoms with E-state index in [1.807, 2.05) is 18.2 Å². The van der Waals surface area contributed by atoms with E-state index in [9.17, 15) is 4.79 Å². The summed E-state index contributed by atoms with van der Waals surface area (Å²) in [4.78, 5) is 18.4. The fourth-order valence-electron chi connectivity index (χ4n) is 2.33. The summed E-state index contributed by atoms with van der Waals surface area (Å²) in [5, 5.41) is 4.07. The third-order valence-electron chi connectivity index (χ3n) is 3.58. The smallest absolute Gasteiger partial charge is 0.254 e. The van der Waals surface area contributed by atoms with Gasteiger partial charge >= 0.3 is 0 Å². The summed E-state index contributed by atoms with van der Waals surface area (Å²) in [6, 6.07) is 10.9. The van der Waals surface area contributed by atoms with Crippen molar-refractivity contribution in [3.8, 4) is 5.69 Å². The van der Waals surface area contributed by atoms with E-state index in [4.69, 9.17) is 9.15 Å². The SMILES string of the molecule is COCCN(Cc1ccco1)C(=O)c1ccc(-n2cncn2)cc1. The number of hydrogen-bond acceptors (Lipinski definition) is 5. The fourth-order valence-corrected chi connectivity index (χ4v) is 2.33. The summed E-state index contributed by atoms with van der Waals surface area (Å²) >= 11 is 0. The lowest BCUT2D eigenvalue weighted by molar-refractivity contribution is 0.0666. The van der Waals surface area contributed by atoms with Gasteiger partial charge in [-0.05, 0) is 36.4 Å². The molecule has 124 valence electrons. The maximum Gasteiger partial charge on any atom is 0.254 e. The minimum absolute atomic E-state index is 0.0754. The molecule has 0 bridgehead atoms. The summed E-state index contributed by atoms with van der Waals surface area (Å²) in [5.74, 6) is 0.660. The molecule has 7 nitrogen and oxygen atoms in total. The fraction of sp³-hybridized carbons (Fsp3) is 0.235. The second-order valence-corrected chi connectivity index (χ2v) is 5.19. The van der Waals surface area contributed by atoms with Gasteiger partial charge < -0.3 is 14.1 Å². The van der Waals surface area contributed by atoms with Gasteiger partial charge in [0.1, 0.15) is 18.4 Å². The van der Waals surface area contributed by atoms with Crippen LogP contribution in [0.4, 0.5) is 0 Å².